The van der Waals surface area contributed by atoms with Gasteiger partial charge < -0.3 is 4.42 Å². The third-order valence-electron chi connectivity index (χ3n) is 3.29. The Balaban J connectivity index is 1.68. The smallest absolute Gasteiger partial charge is 0.322 e. The molecule has 3 rings (SSSR count). The highest BCUT2D eigenvalue weighted by Gasteiger charge is 2.30. The van der Waals surface area contributed by atoms with Crippen molar-refractivity contribution in [3.05, 3.63) is 28.2 Å². The van der Waals surface area contributed by atoms with Gasteiger partial charge in [-0.15, -0.1) is 5.10 Å². The molecule has 1 aliphatic heterocycles. The number of amides is 3. The Bertz CT molecular complexity index is 820. The zero-order chi connectivity index (χ0) is 17.3. The molecular weight excluding hydrogens is 359 g/mol. The Hall–Kier alpha value is -2.45. The average molecular weight is 369 g/mol. The van der Waals surface area contributed by atoms with Crippen LogP contribution in [-0.4, -0.2) is 39.4 Å². The van der Waals surface area contributed by atoms with Crippen molar-refractivity contribution < 1.29 is 18.8 Å². The van der Waals surface area contributed by atoms with Crippen molar-refractivity contribution in [2.45, 2.75) is 12.8 Å². The summed E-state index contributed by atoms with van der Waals surface area (Å²) in [5.41, 5.74) is 0.457. The van der Waals surface area contributed by atoms with Crippen LogP contribution < -0.4 is 5.32 Å². The molecule has 1 fully saturated rings. The van der Waals surface area contributed by atoms with Gasteiger partial charge in [0.25, 0.3) is 5.89 Å². The Morgan fingerprint density at radius 1 is 1.21 bits per heavy atom. The zero-order valence-electron chi connectivity index (χ0n) is 12.1. The number of imide groups is 1. The number of benzene rings is 1. The Morgan fingerprint density at radius 2 is 1.92 bits per heavy atom. The number of carbonyl (C=O) groups excluding carboxylic acids is 3. The molecular formula is C14H10Cl2N4O4. The second-order valence-corrected chi connectivity index (χ2v) is 5.80. The van der Waals surface area contributed by atoms with Crippen LogP contribution in [0.4, 0.5) is 6.01 Å². The SMILES string of the molecule is O=C(CN1C(=O)CCC1=O)Nc1nnc(-c2ccc(Cl)cc2Cl)o1. The molecule has 1 N–H and O–H groups in total. The summed E-state index contributed by atoms with van der Waals surface area (Å²) in [5.74, 6) is -1.28. The summed E-state index contributed by atoms with van der Waals surface area (Å²) in [7, 11) is 0. The van der Waals surface area contributed by atoms with E-state index in [4.69, 9.17) is 27.6 Å². The lowest BCUT2D eigenvalue weighted by Crippen LogP contribution is -2.36. The van der Waals surface area contributed by atoms with Crippen LogP contribution >= 0.6 is 23.2 Å². The molecule has 0 unspecified atom stereocenters. The van der Waals surface area contributed by atoms with Crippen molar-refractivity contribution in [1.29, 1.82) is 0 Å². The van der Waals surface area contributed by atoms with E-state index in [1.54, 1.807) is 12.1 Å². The van der Waals surface area contributed by atoms with Crippen LogP contribution in [-0.2, 0) is 14.4 Å². The van der Waals surface area contributed by atoms with E-state index in [1.165, 1.54) is 6.07 Å². The second-order valence-electron chi connectivity index (χ2n) is 4.96. The molecule has 3 amide bonds. The predicted molar refractivity (Wildman–Crippen MR) is 84.3 cm³/mol. The summed E-state index contributed by atoms with van der Waals surface area (Å²) in [4.78, 5) is 35.7. The topological polar surface area (TPSA) is 105 Å². The number of halogens is 2. The molecule has 2 aromatic rings. The highest BCUT2D eigenvalue weighted by molar-refractivity contribution is 6.36. The Morgan fingerprint density at radius 3 is 2.58 bits per heavy atom. The number of hydrogen-bond acceptors (Lipinski definition) is 6. The number of anilines is 1. The number of nitrogens with one attached hydrogen (secondary N) is 1. The minimum Gasteiger partial charge on any atom is -0.403 e. The van der Waals surface area contributed by atoms with E-state index in [1.807, 2.05) is 0 Å². The molecule has 0 saturated carbocycles. The molecule has 124 valence electrons. The first-order valence-electron chi connectivity index (χ1n) is 6.86. The average Bonchev–Trinajstić information content (AvgIpc) is 3.09. The van der Waals surface area contributed by atoms with E-state index >= 15 is 0 Å². The molecule has 0 spiro atoms. The molecule has 0 aliphatic carbocycles. The van der Waals surface area contributed by atoms with Crippen LogP contribution in [0.3, 0.4) is 0 Å². The third-order valence-corrected chi connectivity index (χ3v) is 3.84. The Labute approximate surface area is 145 Å². The summed E-state index contributed by atoms with van der Waals surface area (Å²) in [6.07, 6.45) is 0.234. The van der Waals surface area contributed by atoms with Crippen LogP contribution in [0.25, 0.3) is 11.5 Å². The van der Waals surface area contributed by atoms with Gasteiger partial charge in [-0.05, 0) is 18.2 Å². The number of nitrogens with zero attached hydrogens (tertiary/aromatic N) is 3. The fraction of sp³-hybridized carbons (Fsp3) is 0.214. The quantitative estimate of drug-likeness (QED) is 0.828. The molecule has 1 aromatic heterocycles. The first-order valence-corrected chi connectivity index (χ1v) is 7.61. The van der Waals surface area contributed by atoms with Gasteiger partial charge >= 0.3 is 6.01 Å². The summed E-state index contributed by atoms with van der Waals surface area (Å²) in [6.45, 7) is -0.392. The van der Waals surface area contributed by atoms with Gasteiger partial charge in [-0.1, -0.05) is 28.3 Å². The van der Waals surface area contributed by atoms with Gasteiger partial charge in [0.15, 0.2) is 0 Å². The molecule has 10 heteroatoms. The number of likely N-dealkylation sites (tertiary alicyclic amines) is 1. The highest BCUT2D eigenvalue weighted by Crippen LogP contribution is 2.30. The van der Waals surface area contributed by atoms with E-state index < -0.39 is 12.5 Å². The minimum absolute atomic E-state index is 0.0975. The monoisotopic (exact) mass is 368 g/mol. The van der Waals surface area contributed by atoms with E-state index in [9.17, 15) is 14.4 Å². The maximum Gasteiger partial charge on any atom is 0.322 e. The van der Waals surface area contributed by atoms with Crippen LogP contribution in [0.5, 0.6) is 0 Å². The van der Waals surface area contributed by atoms with Crippen molar-refractivity contribution in [3.8, 4) is 11.5 Å². The van der Waals surface area contributed by atoms with Gasteiger partial charge in [0.2, 0.25) is 17.7 Å². The van der Waals surface area contributed by atoms with Crippen LogP contribution in [0.1, 0.15) is 12.8 Å². The van der Waals surface area contributed by atoms with E-state index in [2.05, 4.69) is 15.5 Å². The molecule has 0 radical (unpaired) electrons. The number of aromatic nitrogens is 2. The molecule has 8 nitrogen and oxygen atoms in total. The highest BCUT2D eigenvalue weighted by atomic mass is 35.5. The molecule has 0 atom stereocenters. The van der Waals surface area contributed by atoms with Crippen LogP contribution in [0, 0.1) is 0 Å². The molecule has 1 saturated heterocycles. The number of carbonyl (C=O) groups is 3. The fourth-order valence-electron chi connectivity index (χ4n) is 2.15. The van der Waals surface area contributed by atoms with E-state index in [-0.39, 0.29) is 36.6 Å². The zero-order valence-corrected chi connectivity index (χ0v) is 13.6. The van der Waals surface area contributed by atoms with Gasteiger partial charge in [-0.3, -0.25) is 24.6 Å². The number of rotatable bonds is 4. The fourth-order valence-corrected chi connectivity index (χ4v) is 2.64. The first kappa shape index (κ1) is 16.4. The minimum atomic E-state index is -0.615. The van der Waals surface area contributed by atoms with Gasteiger partial charge in [0, 0.05) is 17.9 Å². The largest absolute Gasteiger partial charge is 0.403 e. The lowest BCUT2D eigenvalue weighted by Gasteiger charge is -2.11. The van der Waals surface area contributed by atoms with Crippen molar-refractivity contribution in [2.75, 3.05) is 11.9 Å². The lowest BCUT2D eigenvalue weighted by molar-refractivity contribution is -0.141. The van der Waals surface area contributed by atoms with Gasteiger partial charge in [-0.2, -0.15) is 0 Å². The van der Waals surface area contributed by atoms with Crippen molar-refractivity contribution >= 4 is 46.9 Å². The summed E-state index contributed by atoms with van der Waals surface area (Å²) in [5, 5.41) is 10.6. The van der Waals surface area contributed by atoms with Gasteiger partial charge in [0.1, 0.15) is 6.54 Å². The van der Waals surface area contributed by atoms with Crippen LogP contribution in [0.2, 0.25) is 10.0 Å². The van der Waals surface area contributed by atoms with Crippen LogP contribution in [0.15, 0.2) is 22.6 Å². The van der Waals surface area contributed by atoms with Crippen molar-refractivity contribution in [3.63, 3.8) is 0 Å². The molecule has 24 heavy (non-hydrogen) atoms. The standard InChI is InChI=1S/C14H10Cl2N4O4/c15-7-1-2-8(9(16)5-7)13-18-19-14(24-13)17-10(21)6-20-11(22)3-4-12(20)23/h1-2,5H,3-4,6H2,(H,17,19,21). The summed E-state index contributed by atoms with van der Waals surface area (Å²) in [6, 6.07) is 4.56. The second kappa shape index (κ2) is 6.58. The summed E-state index contributed by atoms with van der Waals surface area (Å²) < 4.78 is 5.31. The molecule has 1 aromatic carbocycles. The normalized spacial score (nSPS) is 14.3. The Kier molecular flexibility index (Phi) is 4.50. The maximum absolute atomic E-state index is 11.9. The lowest BCUT2D eigenvalue weighted by atomic mass is 10.2. The van der Waals surface area contributed by atoms with Crippen molar-refractivity contribution in [1.82, 2.24) is 15.1 Å². The molecule has 2 heterocycles. The van der Waals surface area contributed by atoms with E-state index in [0.717, 1.165) is 4.90 Å². The molecule has 0 bridgehead atoms. The molecule has 1 aliphatic rings. The van der Waals surface area contributed by atoms with Gasteiger partial charge in [-0.25, -0.2) is 0 Å². The first-order chi connectivity index (χ1) is 11.4. The number of hydrogen-bond donors (Lipinski definition) is 1. The third kappa shape index (κ3) is 3.39. The summed E-state index contributed by atoms with van der Waals surface area (Å²) >= 11 is 11.9. The predicted octanol–water partition coefficient (Wildman–Crippen LogP) is 2.13. The van der Waals surface area contributed by atoms with Gasteiger partial charge in [0.05, 0.1) is 10.6 Å². The maximum atomic E-state index is 11.9. The van der Waals surface area contributed by atoms with E-state index in [0.29, 0.717) is 15.6 Å². The van der Waals surface area contributed by atoms with Crippen molar-refractivity contribution in [2.24, 2.45) is 0 Å².